The molecule has 1 aromatic rings. The average Bonchev–Trinajstić information content (AvgIpc) is 2.76. The molecule has 3 rings (SSSR count). The smallest absolute Gasteiger partial charge is 0.298 e. The lowest BCUT2D eigenvalue weighted by molar-refractivity contribution is -0.146. The van der Waals surface area contributed by atoms with Crippen LogP contribution in [-0.2, 0) is 35.6 Å². The Labute approximate surface area is 194 Å². The molecule has 10 nitrogen and oxygen atoms in total. The van der Waals surface area contributed by atoms with Gasteiger partial charge in [-0.25, -0.2) is 22.2 Å². The fraction of sp³-hybridized carbons (Fsp3) is 0.476. The summed E-state index contributed by atoms with van der Waals surface area (Å²) in [5.41, 5.74) is 0.232. The maximum Gasteiger partial charge on any atom is 0.298 e. The number of piperidine rings is 1. The number of amides is 3. The van der Waals surface area contributed by atoms with Crippen molar-refractivity contribution in [2.45, 2.75) is 38.4 Å². The van der Waals surface area contributed by atoms with Crippen molar-refractivity contribution in [1.29, 1.82) is 0 Å². The standard InChI is InChI=1S/C21H24F2N4O6S/c1-3-26(16(28)11-34(2,32)33)15-5-4-8-27-19(15)25-17(18(29)21(27)31)20(30)24-10-12-6-7-13(22)14(23)9-12/h6-7,9,15,17H,3-5,8,10-11H2,1-2H3,(H,24,30). The molecule has 0 aliphatic carbocycles. The van der Waals surface area contributed by atoms with E-state index in [4.69, 9.17) is 0 Å². The van der Waals surface area contributed by atoms with Crippen molar-refractivity contribution in [2.75, 3.05) is 25.1 Å². The minimum Gasteiger partial charge on any atom is -0.350 e. The molecule has 2 unspecified atom stereocenters. The van der Waals surface area contributed by atoms with Crippen LogP contribution in [0.5, 0.6) is 0 Å². The van der Waals surface area contributed by atoms with E-state index in [1.54, 1.807) is 6.92 Å². The number of sulfone groups is 1. The lowest BCUT2D eigenvalue weighted by Crippen LogP contribution is -2.62. The summed E-state index contributed by atoms with van der Waals surface area (Å²) in [6.07, 6.45) is 1.74. The number of nitrogens with one attached hydrogen (secondary N) is 1. The molecular weight excluding hydrogens is 474 g/mol. The van der Waals surface area contributed by atoms with E-state index < -0.39 is 62.8 Å². The lowest BCUT2D eigenvalue weighted by atomic mass is 9.97. The van der Waals surface area contributed by atoms with E-state index in [1.807, 2.05) is 0 Å². The van der Waals surface area contributed by atoms with Crippen LogP contribution in [0.4, 0.5) is 8.78 Å². The second kappa shape index (κ2) is 9.95. The molecular formula is C21H24F2N4O6S. The topological polar surface area (TPSA) is 133 Å². The predicted octanol–water partition coefficient (Wildman–Crippen LogP) is -0.185. The average molecular weight is 499 g/mol. The van der Waals surface area contributed by atoms with Crippen LogP contribution in [0.15, 0.2) is 23.2 Å². The minimum atomic E-state index is -3.61. The highest BCUT2D eigenvalue weighted by atomic mass is 32.2. The van der Waals surface area contributed by atoms with E-state index in [0.717, 1.165) is 23.3 Å². The molecule has 0 radical (unpaired) electrons. The molecule has 1 N–H and O–H groups in total. The van der Waals surface area contributed by atoms with Crippen LogP contribution in [-0.4, -0.2) is 84.7 Å². The van der Waals surface area contributed by atoms with Crippen molar-refractivity contribution in [3.63, 3.8) is 0 Å². The van der Waals surface area contributed by atoms with Gasteiger partial charge in [0.1, 0.15) is 11.6 Å². The molecule has 2 heterocycles. The number of benzene rings is 1. The molecule has 2 aliphatic rings. The summed E-state index contributed by atoms with van der Waals surface area (Å²) >= 11 is 0. The van der Waals surface area contributed by atoms with E-state index in [1.165, 1.54) is 11.0 Å². The Morgan fingerprint density at radius 1 is 1.24 bits per heavy atom. The van der Waals surface area contributed by atoms with Gasteiger partial charge in [-0.1, -0.05) is 6.07 Å². The maximum atomic E-state index is 13.4. The van der Waals surface area contributed by atoms with Crippen LogP contribution in [0, 0.1) is 11.6 Å². The number of aliphatic imine (C=N–C) groups is 1. The van der Waals surface area contributed by atoms with Crippen molar-refractivity contribution < 1.29 is 36.4 Å². The highest BCUT2D eigenvalue weighted by Crippen LogP contribution is 2.24. The van der Waals surface area contributed by atoms with E-state index in [-0.39, 0.29) is 31.0 Å². The predicted molar refractivity (Wildman–Crippen MR) is 116 cm³/mol. The number of halogens is 2. The van der Waals surface area contributed by atoms with Crippen molar-refractivity contribution in [3.05, 3.63) is 35.4 Å². The van der Waals surface area contributed by atoms with Gasteiger partial charge in [0, 0.05) is 25.9 Å². The van der Waals surface area contributed by atoms with Gasteiger partial charge in [-0.3, -0.25) is 24.1 Å². The number of nitrogens with zero attached hydrogens (tertiary/aromatic N) is 3. The molecule has 0 saturated carbocycles. The number of amidine groups is 1. The van der Waals surface area contributed by atoms with Gasteiger partial charge < -0.3 is 10.2 Å². The zero-order valence-corrected chi connectivity index (χ0v) is 19.4. The summed E-state index contributed by atoms with van der Waals surface area (Å²) in [6, 6.07) is 0.536. The quantitative estimate of drug-likeness (QED) is 0.409. The molecule has 1 aromatic carbocycles. The van der Waals surface area contributed by atoms with E-state index in [2.05, 4.69) is 10.3 Å². The van der Waals surface area contributed by atoms with Gasteiger partial charge in [0.15, 0.2) is 27.5 Å². The summed E-state index contributed by atoms with van der Waals surface area (Å²) < 4.78 is 49.7. The van der Waals surface area contributed by atoms with Gasteiger partial charge in [-0.05, 0) is 37.5 Å². The zero-order valence-electron chi connectivity index (χ0n) is 18.6. The maximum absolute atomic E-state index is 13.4. The molecule has 2 aliphatic heterocycles. The Balaban J connectivity index is 1.85. The van der Waals surface area contributed by atoms with Gasteiger partial charge in [-0.15, -0.1) is 0 Å². The number of Topliss-reactive ketones (excluding diaryl/α,β-unsaturated/α-hetero) is 1. The molecule has 1 fully saturated rings. The first-order valence-electron chi connectivity index (χ1n) is 10.5. The van der Waals surface area contributed by atoms with Crippen LogP contribution in [0.2, 0.25) is 0 Å². The summed E-state index contributed by atoms with van der Waals surface area (Å²) in [4.78, 5) is 57.2. The number of ketones is 1. The molecule has 184 valence electrons. The van der Waals surface area contributed by atoms with Gasteiger partial charge >= 0.3 is 0 Å². The third-order valence-electron chi connectivity index (χ3n) is 5.52. The zero-order chi connectivity index (χ0) is 25.2. The van der Waals surface area contributed by atoms with E-state index in [0.29, 0.717) is 12.8 Å². The normalized spacial score (nSPS) is 20.5. The van der Waals surface area contributed by atoms with E-state index in [9.17, 15) is 36.4 Å². The van der Waals surface area contributed by atoms with Crippen molar-refractivity contribution in [3.8, 4) is 0 Å². The van der Waals surface area contributed by atoms with Crippen molar-refractivity contribution in [1.82, 2.24) is 15.1 Å². The third kappa shape index (κ3) is 5.46. The largest absolute Gasteiger partial charge is 0.350 e. The number of likely N-dealkylation sites (N-methyl/N-ethyl adjacent to an activating group) is 1. The molecule has 1 saturated heterocycles. The molecule has 34 heavy (non-hydrogen) atoms. The number of carbonyl (C=O) groups is 4. The van der Waals surface area contributed by atoms with Gasteiger partial charge in [-0.2, -0.15) is 0 Å². The number of carbonyl (C=O) groups excluding carboxylic acids is 4. The molecule has 0 bridgehead atoms. The number of rotatable bonds is 7. The van der Waals surface area contributed by atoms with Gasteiger partial charge in [0.25, 0.3) is 17.6 Å². The summed E-state index contributed by atoms with van der Waals surface area (Å²) in [5, 5.41) is 2.39. The SMILES string of the molecule is CCN(C(=O)CS(C)(=O)=O)C1CCCN2C(=O)C(=O)C(C(=O)NCc3ccc(F)c(F)c3)N=C12. The monoisotopic (exact) mass is 498 g/mol. The highest BCUT2D eigenvalue weighted by molar-refractivity contribution is 7.91. The minimum absolute atomic E-state index is 0.0486. The van der Waals surface area contributed by atoms with Crippen LogP contribution >= 0.6 is 0 Å². The van der Waals surface area contributed by atoms with Crippen molar-refractivity contribution in [2.24, 2.45) is 4.99 Å². The van der Waals surface area contributed by atoms with Gasteiger partial charge in [0.2, 0.25) is 5.91 Å². The molecule has 0 spiro atoms. The molecule has 2 atom stereocenters. The Morgan fingerprint density at radius 3 is 2.56 bits per heavy atom. The number of fused-ring (bicyclic) bond motifs is 1. The fourth-order valence-corrected chi connectivity index (χ4v) is 4.57. The molecule has 3 amide bonds. The lowest BCUT2D eigenvalue weighted by Gasteiger charge is -2.42. The van der Waals surface area contributed by atoms with Crippen LogP contribution in [0.3, 0.4) is 0 Å². The Morgan fingerprint density at radius 2 is 1.94 bits per heavy atom. The van der Waals surface area contributed by atoms with Crippen LogP contribution in [0.1, 0.15) is 25.3 Å². The fourth-order valence-electron chi connectivity index (χ4n) is 3.95. The molecule has 0 aromatic heterocycles. The third-order valence-corrected chi connectivity index (χ3v) is 6.29. The highest BCUT2D eigenvalue weighted by Gasteiger charge is 2.46. The second-order valence-electron chi connectivity index (χ2n) is 8.09. The first-order valence-corrected chi connectivity index (χ1v) is 12.6. The van der Waals surface area contributed by atoms with Crippen LogP contribution in [0.25, 0.3) is 0 Å². The first kappa shape index (κ1) is 25.4. The van der Waals surface area contributed by atoms with Crippen LogP contribution < -0.4 is 5.32 Å². The molecule has 13 heteroatoms. The summed E-state index contributed by atoms with van der Waals surface area (Å²) in [5.74, 6) is -6.43. The Hall–Kier alpha value is -3.22. The van der Waals surface area contributed by atoms with Gasteiger partial charge in [0.05, 0.1) is 6.04 Å². The number of hydrogen-bond donors (Lipinski definition) is 1. The Kier molecular flexibility index (Phi) is 7.44. The summed E-state index contributed by atoms with van der Waals surface area (Å²) in [6.45, 7) is 1.70. The second-order valence-corrected chi connectivity index (χ2v) is 10.2. The first-order chi connectivity index (χ1) is 15.9. The summed E-state index contributed by atoms with van der Waals surface area (Å²) in [7, 11) is -3.61. The Bertz CT molecular complexity index is 1170. The van der Waals surface area contributed by atoms with E-state index >= 15 is 0 Å². The number of hydrogen-bond acceptors (Lipinski definition) is 7. The van der Waals surface area contributed by atoms with Crippen molar-refractivity contribution >= 4 is 39.2 Å².